The van der Waals surface area contributed by atoms with Gasteiger partial charge in [-0.25, -0.2) is 0 Å². The third kappa shape index (κ3) is 5.54. The van der Waals surface area contributed by atoms with Crippen LogP contribution in [0.25, 0.3) is 17.3 Å². The van der Waals surface area contributed by atoms with Gasteiger partial charge in [-0.15, -0.1) is 0 Å². The van der Waals surface area contributed by atoms with Gasteiger partial charge in [0.2, 0.25) is 5.91 Å². The maximum atomic E-state index is 12.4. The normalized spacial score (nSPS) is 11.0. The molecule has 0 unspecified atom stereocenters. The van der Waals surface area contributed by atoms with Crippen LogP contribution >= 0.6 is 0 Å². The van der Waals surface area contributed by atoms with Crippen molar-refractivity contribution in [2.24, 2.45) is 0 Å². The van der Waals surface area contributed by atoms with Crippen LogP contribution in [0.5, 0.6) is 0 Å². The van der Waals surface area contributed by atoms with Gasteiger partial charge in [-0.3, -0.25) is 14.5 Å². The van der Waals surface area contributed by atoms with Gasteiger partial charge in [0, 0.05) is 42.3 Å². The maximum Gasteiger partial charge on any atom is 0.244 e. The smallest absolute Gasteiger partial charge is 0.244 e. The molecular formula is C26H24N4O. The fourth-order valence-corrected chi connectivity index (χ4v) is 3.26. The number of nitrogens with one attached hydrogen (secondary N) is 1. The van der Waals surface area contributed by atoms with Crippen molar-refractivity contribution in [2.75, 3.05) is 0 Å². The zero-order chi connectivity index (χ0) is 21.5. The number of amides is 1. The highest BCUT2D eigenvalue weighted by molar-refractivity contribution is 5.92. The summed E-state index contributed by atoms with van der Waals surface area (Å²) in [5.41, 5.74) is 6.01. The van der Waals surface area contributed by atoms with Crippen LogP contribution in [-0.2, 0) is 17.9 Å². The van der Waals surface area contributed by atoms with Gasteiger partial charge in [-0.1, -0.05) is 60.2 Å². The summed E-state index contributed by atoms with van der Waals surface area (Å²) in [5.74, 6) is -0.145. The highest BCUT2D eigenvalue weighted by Gasteiger charge is 2.10. The Morgan fingerprint density at radius 2 is 1.81 bits per heavy atom. The van der Waals surface area contributed by atoms with E-state index in [0.29, 0.717) is 13.1 Å². The summed E-state index contributed by atoms with van der Waals surface area (Å²) in [7, 11) is 0. The van der Waals surface area contributed by atoms with Gasteiger partial charge in [-0.2, -0.15) is 5.10 Å². The third-order valence-electron chi connectivity index (χ3n) is 4.91. The minimum Gasteiger partial charge on any atom is -0.348 e. The fraction of sp³-hybridized carbons (Fsp3) is 0.115. The Labute approximate surface area is 182 Å². The Bertz CT molecular complexity index is 1160. The molecule has 0 fully saturated rings. The molecule has 4 aromatic rings. The number of pyridine rings is 1. The van der Waals surface area contributed by atoms with Gasteiger partial charge in [0.05, 0.1) is 6.54 Å². The molecule has 0 aliphatic rings. The number of rotatable bonds is 7. The summed E-state index contributed by atoms with van der Waals surface area (Å²) in [4.78, 5) is 16.6. The van der Waals surface area contributed by atoms with E-state index in [2.05, 4.69) is 22.4 Å². The molecule has 2 heterocycles. The number of aromatic nitrogens is 3. The molecule has 0 saturated carbocycles. The van der Waals surface area contributed by atoms with E-state index in [-0.39, 0.29) is 5.91 Å². The van der Waals surface area contributed by atoms with Crippen molar-refractivity contribution in [1.29, 1.82) is 0 Å². The van der Waals surface area contributed by atoms with Crippen LogP contribution in [0.15, 0.2) is 91.4 Å². The highest BCUT2D eigenvalue weighted by atomic mass is 16.1. The summed E-state index contributed by atoms with van der Waals surface area (Å²) in [6.07, 6.45) is 8.83. The molecule has 5 nitrogen and oxygen atoms in total. The van der Waals surface area contributed by atoms with Gasteiger partial charge in [0.25, 0.3) is 0 Å². The number of nitrogens with zero attached hydrogens (tertiary/aromatic N) is 3. The molecule has 0 saturated heterocycles. The molecule has 0 bridgehead atoms. The number of carbonyl (C=O) groups excluding carboxylic acids is 1. The van der Waals surface area contributed by atoms with Crippen molar-refractivity contribution in [2.45, 2.75) is 20.0 Å². The van der Waals surface area contributed by atoms with Crippen LogP contribution < -0.4 is 5.32 Å². The second-order valence-electron chi connectivity index (χ2n) is 7.39. The maximum absolute atomic E-state index is 12.4. The Morgan fingerprint density at radius 3 is 2.55 bits per heavy atom. The molecule has 2 aromatic heterocycles. The Balaban J connectivity index is 1.51. The third-order valence-corrected chi connectivity index (χ3v) is 4.91. The lowest BCUT2D eigenvalue weighted by Crippen LogP contribution is -2.20. The quantitative estimate of drug-likeness (QED) is 0.454. The van der Waals surface area contributed by atoms with Crippen molar-refractivity contribution >= 4 is 12.0 Å². The number of aryl methyl sites for hydroxylation is 1. The molecule has 0 spiro atoms. The lowest BCUT2D eigenvalue weighted by atomic mass is 10.1. The van der Waals surface area contributed by atoms with E-state index in [4.69, 9.17) is 5.10 Å². The minimum absolute atomic E-state index is 0.145. The van der Waals surface area contributed by atoms with E-state index < -0.39 is 0 Å². The summed E-state index contributed by atoms with van der Waals surface area (Å²) in [6, 6.07) is 22.1. The van der Waals surface area contributed by atoms with E-state index in [9.17, 15) is 4.79 Å². The summed E-state index contributed by atoms with van der Waals surface area (Å²) < 4.78 is 1.89. The standard InChI is InChI=1S/C26H24N4O/c1-20-9-11-21(12-10-20)16-28-25(31)14-13-24-19-30(18-22-6-3-2-4-7-22)29-26(24)23-8-5-15-27-17-23/h2-15,17,19H,16,18H2,1H3,(H,28,31)/b14-13+. The predicted molar refractivity (Wildman–Crippen MR) is 123 cm³/mol. The molecule has 0 atom stereocenters. The lowest BCUT2D eigenvalue weighted by Gasteiger charge is -2.03. The summed E-state index contributed by atoms with van der Waals surface area (Å²) >= 11 is 0. The van der Waals surface area contributed by atoms with Crippen molar-refractivity contribution in [3.63, 3.8) is 0 Å². The number of carbonyl (C=O) groups is 1. The first-order valence-electron chi connectivity index (χ1n) is 10.2. The second-order valence-corrected chi connectivity index (χ2v) is 7.39. The van der Waals surface area contributed by atoms with Gasteiger partial charge in [0.1, 0.15) is 5.69 Å². The van der Waals surface area contributed by atoms with E-state index in [1.807, 2.05) is 72.4 Å². The number of hydrogen-bond donors (Lipinski definition) is 1. The largest absolute Gasteiger partial charge is 0.348 e. The topological polar surface area (TPSA) is 59.8 Å². The first-order chi connectivity index (χ1) is 15.2. The first-order valence-corrected chi connectivity index (χ1v) is 10.2. The Hall–Kier alpha value is -3.99. The number of hydrogen-bond acceptors (Lipinski definition) is 3. The van der Waals surface area contributed by atoms with E-state index >= 15 is 0 Å². The molecule has 0 aliphatic carbocycles. The SMILES string of the molecule is Cc1ccc(CNC(=O)/C=C/c2cn(Cc3ccccc3)nc2-c2cccnc2)cc1. The molecule has 4 rings (SSSR count). The summed E-state index contributed by atoms with van der Waals surface area (Å²) in [6.45, 7) is 3.19. The molecule has 1 N–H and O–H groups in total. The van der Waals surface area contributed by atoms with E-state index in [0.717, 1.165) is 27.9 Å². The molecule has 2 aromatic carbocycles. The van der Waals surface area contributed by atoms with E-state index in [1.165, 1.54) is 5.56 Å². The first kappa shape index (κ1) is 20.3. The Kier molecular flexibility index (Phi) is 6.33. The van der Waals surface area contributed by atoms with Gasteiger partial charge >= 0.3 is 0 Å². The van der Waals surface area contributed by atoms with Crippen LogP contribution in [0.4, 0.5) is 0 Å². The number of benzene rings is 2. The van der Waals surface area contributed by atoms with Crippen LogP contribution in [0, 0.1) is 6.92 Å². The second kappa shape index (κ2) is 9.67. The predicted octanol–water partition coefficient (Wildman–Crippen LogP) is 4.63. The monoisotopic (exact) mass is 408 g/mol. The molecule has 1 amide bonds. The zero-order valence-electron chi connectivity index (χ0n) is 17.4. The van der Waals surface area contributed by atoms with Crippen molar-refractivity contribution < 1.29 is 4.79 Å². The average Bonchev–Trinajstić information content (AvgIpc) is 3.21. The van der Waals surface area contributed by atoms with Crippen LogP contribution in [0.2, 0.25) is 0 Å². The molecule has 31 heavy (non-hydrogen) atoms. The van der Waals surface area contributed by atoms with Crippen LogP contribution in [0.3, 0.4) is 0 Å². The zero-order valence-corrected chi connectivity index (χ0v) is 17.4. The van der Waals surface area contributed by atoms with Gasteiger partial charge in [-0.05, 0) is 36.3 Å². The van der Waals surface area contributed by atoms with Crippen LogP contribution in [-0.4, -0.2) is 20.7 Å². The van der Waals surface area contributed by atoms with Crippen LogP contribution in [0.1, 0.15) is 22.3 Å². The summed E-state index contributed by atoms with van der Waals surface area (Å²) in [5, 5.41) is 7.68. The lowest BCUT2D eigenvalue weighted by molar-refractivity contribution is -0.116. The molecule has 0 aliphatic heterocycles. The Morgan fingerprint density at radius 1 is 1.00 bits per heavy atom. The highest BCUT2D eigenvalue weighted by Crippen LogP contribution is 2.23. The van der Waals surface area contributed by atoms with Gasteiger partial charge in [0.15, 0.2) is 0 Å². The van der Waals surface area contributed by atoms with Crippen molar-refractivity contribution in [3.05, 3.63) is 114 Å². The van der Waals surface area contributed by atoms with Gasteiger partial charge < -0.3 is 5.32 Å². The average molecular weight is 409 g/mol. The fourth-order valence-electron chi connectivity index (χ4n) is 3.26. The molecule has 5 heteroatoms. The minimum atomic E-state index is -0.145. The molecule has 154 valence electrons. The van der Waals surface area contributed by atoms with Crippen molar-refractivity contribution in [1.82, 2.24) is 20.1 Å². The molecule has 0 radical (unpaired) electrons. The molecular weight excluding hydrogens is 384 g/mol. The van der Waals surface area contributed by atoms with E-state index in [1.54, 1.807) is 24.5 Å². The van der Waals surface area contributed by atoms with Crippen molar-refractivity contribution in [3.8, 4) is 11.3 Å².